The Morgan fingerprint density at radius 1 is 1.36 bits per heavy atom. The van der Waals surface area contributed by atoms with Crippen molar-refractivity contribution in [1.82, 2.24) is 10.6 Å². The zero-order chi connectivity index (χ0) is 14.7. The van der Waals surface area contributed by atoms with Crippen molar-refractivity contribution in [3.63, 3.8) is 0 Å². The van der Waals surface area contributed by atoms with E-state index in [1.807, 2.05) is 31.2 Å². The Labute approximate surface area is 138 Å². The molecule has 0 bridgehead atoms. The maximum atomic E-state index is 12.2. The Morgan fingerprint density at radius 3 is 2.73 bits per heavy atom. The SMILES string of the molecule is CC(C(=O)NCc1ccccc1OCC1CC1)C1CNC1.Cl. The maximum absolute atomic E-state index is 12.2. The predicted molar refractivity (Wildman–Crippen MR) is 89.3 cm³/mol. The molecule has 0 radical (unpaired) electrons. The molecule has 2 N–H and O–H groups in total. The largest absolute Gasteiger partial charge is 0.493 e. The first kappa shape index (κ1) is 17.1. The molecule has 22 heavy (non-hydrogen) atoms. The molecule has 1 aliphatic heterocycles. The van der Waals surface area contributed by atoms with E-state index < -0.39 is 0 Å². The number of hydrogen-bond donors (Lipinski definition) is 2. The summed E-state index contributed by atoms with van der Waals surface area (Å²) >= 11 is 0. The molecule has 1 aliphatic carbocycles. The van der Waals surface area contributed by atoms with Crippen molar-refractivity contribution in [2.45, 2.75) is 26.3 Å². The second-order valence-corrected chi connectivity index (χ2v) is 6.29. The van der Waals surface area contributed by atoms with Gasteiger partial charge in [-0.2, -0.15) is 0 Å². The third kappa shape index (κ3) is 4.37. The van der Waals surface area contributed by atoms with E-state index in [0.29, 0.717) is 12.5 Å². The van der Waals surface area contributed by atoms with Crippen LogP contribution in [0.1, 0.15) is 25.3 Å². The number of nitrogens with one attached hydrogen (secondary N) is 2. The van der Waals surface area contributed by atoms with Gasteiger partial charge in [0.05, 0.1) is 6.61 Å². The zero-order valence-corrected chi connectivity index (χ0v) is 13.8. The molecular weight excluding hydrogens is 300 g/mol. The maximum Gasteiger partial charge on any atom is 0.223 e. The molecule has 0 spiro atoms. The fourth-order valence-corrected chi connectivity index (χ4v) is 2.50. The Hall–Kier alpha value is -1.26. The quantitative estimate of drug-likeness (QED) is 0.809. The van der Waals surface area contributed by atoms with Crippen LogP contribution in [0.3, 0.4) is 0 Å². The fraction of sp³-hybridized carbons (Fsp3) is 0.588. The van der Waals surface area contributed by atoms with Gasteiger partial charge in [0.25, 0.3) is 0 Å². The minimum absolute atomic E-state index is 0. The van der Waals surface area contributed by atoms with Crippen LogP contribution >= 0.6 is 12.4 Å². The van der Waals surface area contributed by atoms with E-state index in [4.69, 9.17) is 4.74 Å². The van der Waals surface area contributed by atoms with Crippen LogP contribution in [0, 0.1) is 17.8 Å². The summed E-state index contributed by atoms with van der Waals surface area (Å²) in [7, 11) is 0. The van der Waals surface area contributed by atoms with E-state index in [1.165, 1.54) is 12.8 Å². The molecule has 1 heterocycles. The predicted octanol–water partition coefficient (Wildman–Crippen LogP) is 2.37. The molecule has 1 atom stereocenters. The lowest BCUT2D eigenvalue weighted by Gasteiger charge is -2.31. The van der Waals surface area contributed by atoms with Crippen LogP contribution in [-0.4, -0.2) is 25.6 Å². The monoisotopic (exact) mass is 324 g/mol. The molecule has 2 aliphatic rings. The number of amides is 1. The summed E-state index contributed by atoms with van der Waals surface area (Å²) < 4.78 is 5.87. The number of carbonyl (C=O) groups is 1. The highest BCUT2D eigenvalue weighted by molar-refractivity contribution is 5.85. The van der Waals surface area contributed by atoms with Gasteiger partial charge in [0, 0.05) is 18.0 Å². The molecule has 1 aromatic rings. The van der Waals surface area contributed by atoms with E-state index in [1.54, 1.807) is 0 Å². The summed E-state index contributed by atoms with van der Waals surface area (Å²) in [6.07, 6.45) is 2.57. The lowest BCUT2D eigenvalue weighted by atomic mass is 9.88. The fourth-order valence-electron chi connectivity index (χ4n) is 2.50. The molecule has 5 heteroatoms. The van der Waals surface area contributed by atoms with Crippen LogP contribution in [0.4, 0.5) is 0 Å². The second-order valence-electron chi connectivity index (χ2n) is 6.29. The molecule has 122 valence electrons. The molecular formula is C17H25ClN2O2. The number of benzene rings is 1. The van der Waals surface area contributed by atoms with E-state index in [9.17, 15) is 4.79 Å². The molecule has 4 nitrogen and oxygen atoms in total. The lowest BCUT2D eigenvalue weighted by molar-refractivity contribution is -0.126. The normalized spacial score (nSPS) is 18.8. The Morgan fingerprint density at radius 2 is 2.09 bits per heavy atom. The van der Waals surface area contributed by atoms with Gasteiger partial charge in [0.2, 0.25) is 5.91 Å². The van der Waals surface area contributed by atoms with Crippen LogP contribution < -0.4 is 15.4 Å². The highest BCUT2D eigenvalue weighted by Crippen LogP contribution is 2.30. The van der Waals surface area contributed by atoms with Crippen molar-refractivity contribution in [2.24, 2.45) is 17.8 Å². The van der Waals surface area contributed by atoms with Crippen LogP contribution in [0.15, 0.2) is 24.3 Å². The van der Waals surface area contributed by atoms with Crippen LogP contribution in [-0.2, 0) is 11.3 Å². The Balaban J connectivity index is 0.00000176. The lowest BCUT2D eigenvalue weighted by Crippen LogP contribution is -2.49. The molecule has 1 saturated heterocycles. The van der Waals surface area contributed by atoms with Gasteiger partial charge in [-0.3, -0.25) is 4.79 Å². The van der Waals surface area contributed by atoms with Crippen LogP contribution in [0.5, 0.6) is 5.75 Å². The van der Waals surface area contributed by atoms with E-state index in [-0.39, 0.29) is 24.2 Å². The van der Waals surface area contributed by atoms with Gasteiger partial charge in [0.15, 0.2) is 0 Å². The van der Waals surface area contributed by atoms with Gasteiger partial charge in [0.1, 0.15) is 5.75 Å². The number of hydrogen-bond acceptors (Lipinski definition) is 3. The number of carbonyl (C=O) groups excluding carboxylic acids is 1. The van der Waals surface area contributed by atoms with Gasteiger partial charge < -0.3 is 15.4 Å². The average Bonchev–Trinajstić information content (AvgIpc) is 3.25. The summed E-state index contributed by atoms with van der Waals surface area (Å²) in [5, 5.41) is 6.26. The van der Waals surface area contributed by atoms with Crippen LogP contribution in [0.2, 0.25) is 0 Å². The molecule has 1 saturated carbocycles. The number of para-hydroxylation sites is 1. The molecule has 1 amide bonds. The van der Waals surface area contributed by atoms with Crippen molar-refractivity contribution in [3.8, 4) is 5.75 Å². The smallest absolute Gasteiger partial charge is 0.223 e. The van der Waals surface area contributed by atoms with Crippen LogP contribution in [0.25, 0.3) is 0 Å². The number of rotatable bonds is 7. The molecule has 1 aromatic carbocycles. The zero-order valence-electron chi connectivity index (χ0n) is 13.0. The van der Waals surface area contributed by atoms with Crippen molar-refractivity contribution < 1.29 is 9.53 Å². The standard InChI is InChI=1S/C17H24N2O2.ClH/c1-12(15-8-18-9-15)17(20)19-10-14-4-2-3-5-16(14)21-11-13-6-7-13;/h2-5,12-13,15,18H,6-11H2,1H3,(H,19,20);1H. The minimum Gasteiger partial charge on any atom is -0.493 e. The summed E-state index contributed by atoms with van der Waals surface area (Å²) in [6, 6.07) is 7.99. The summed E-state index contributed by atoms with van der Waals surface area (Å²) in [5.74, 6) is 2.33. The van der Waals surface area contributed by atoms with Gasteiger partial charge in [-0.1, -0.05) is 25.1 Å². The Bertz CT molecular complexity index is 501. The van der Waals surface area contributed by atoms with Gasteiger partial charge >= 0.3 is 0 Å². The third-order valence-corrected chi connectivity index (χ3v) is 4.53. The van der Waals surface area contributed by atoms with Gasteiger partial charge in [-0.25, -0.2) is 0 Å². The number of halogens is 1. The van der Waals surface area contributed by atoms with Crippen molar-refractivity contribution in [2.75, 3.05) is 19.7 Å². The van der Waals surface area contributed by atoms with Crippen molar-refractivity contribution >= 4 is 18.3 Å². The Kier molecular flexibility index (Phi) is 6.09. The van der Waals surface area contributed by atoms with Crippen molar-refractivity contribution in [3.05, 3.63) is 29.8 Å². The van der Waals surface area contributed by atoms with E-state index >= 15 is 0 Å². The first-order chi connectivity index (χ1) is 10.2. The van der Waals surface area contributed by atoms with E-state index in [2.05, 4.69) is 10.6 Å². The molecule has 1 unspecified atom stereocenters. The van der Waals surface area contributed by atoms with Crippen molar-refractivity contribution in [1.29, 1.82) is 0 Å². The highest BCUT2D eigenvalue weighted by atomic mass is 35.5. The molecule has 0 aromatic heterocycles. The summed E-state index contributed by atoms with van der Waals surface area (Å²) in [4.78, 5) is 12.2. The first-order valence-electron chi connectivity index (χ1n) is 7.93. The summed E-state index contributed by atoms with van der Waals surface area (Å²) in [5.41, 5.74) is 1.06. The topological polar surface area (TPSA) is 50.4 Å². The van der Waals surface area contributed by atoms with Gasteiger partial charge in [-0.15, -0.1) is 12.4 Å². The molecule has 2 fully saturated rings. The van der Waals surface area contributed by atoms with E-state index in [0.717, 1.165) is 36.9 Å². The first-order valence-corrected chi connectivity index (χ1v) is 7.93. The number of ether oxygens (including phenoxy) is 1. The highest BCUT2D eigenvalue weighted by Gasteiger charge is 2.28. The van der Waals surface area contributed by atoms with Gasteiger partial charge in [-0.05, 0) is 43.8 Å². The second kappa shape index (κ2) is 7.84. The summed E-state index contributed by atoms with van der Waals surface area (Å²) in [6.45, 7) is 5.26. The third-order valence-electron chi connectivity index (χ3n) is 4.53. The minimum atomic E-state index is 0. The average molecular weight is 325 g/mol. The molecule has 3 rings (SSSR count).